The summed E-state index contributed by atoms with van der Waals surface area (Å²) in [6.45, 7) is 3.95. The monoisotopic (exact) mass is 355 g/mol. The van der Waals surface area contributed by atoms with Gasteiger partial charge < -0.3 is 5.73 Å². The number of halogens is 2. The predicted octanol–water partition coefficient (Wildman–Crippen LogP) is 4.10. The van der Waals surface area contributed by atoms with Crippen LogP contribution in [0.4, 0.5) is 4.39 Å². The van der Waals surface area contributed by atoms with Gasteiger partial charge in [-0.25, -0.2) is 4.39 Å². The number of hydrogen-bond acceptors (Lipinski definition) is 1. The Hall–Kier alpha value is -0.940. The molecule has 0 aliphatic heterocycles. The van der Waals surface area contributed by atoms with Crippen LogP contribution in [0.5, 0.6) is 0 Å². The second kappa shape index (κ2) is 5.36. The molecule has 2 aromatic rings. The molecule has 0 radical (unpaired) electrons. The third kappa shape index (κ3) is 2.57. The highest BCUT2D eigenvalue weighted by atomic mass is 127. The first-order valence-corrected chi connectivity index (χ1v) is 6.85. The van der Waals surface area contributed by atoms with E-state index in [4.69, 9.17) is 5.73 Å². The normalized spacial score (nSPS) is 12.5. The Morgan fingerprint density at radius 2 is 1.78 bits per heavy atom. The van der Waals surface area contributed by atoms with E-state index < -0.39 is 0 Å². The first-order valence-electron chi connectivity index (χ1n) is 5.77. The average Bonchev–Trinajstić information content (AvgIpc) is 2.32. The van der Waals surface area contributed by atoms with Gasteiger partial charge in [-0.05, 0) is 70.8 Å². The maximum Gasteiger partial charge on any atom is 0.123 e. The summed E-state index contributed by atoms with van der Waals surface area (Å²) in [7, 11) is 0. The second-order valence-corrected chi connectivity index (χ2v) is 5.54. The lowest BCUT2D eigenvalue weighted by Crippen LogP contribution is -2.15. The molecule has 94 valence electrons. The van der Waals surface area contributed by atoms with Crippen LogP contribution in [-0.4, -0.2) is 0 Å². The van der Waals surface area contributed by atoms with E-state index in [0.717, 1.165) is 16.7 Å². The van der Waals surface area contributed by atoms with Crippen molar-refractivity contribution in [1.29, 1.82) is 0 Å². The Kier molecular flexibility index (Phi) is 4.02. The van der Waals surface area contributed by atoms with Crippen LogP contribution in [0.2, 0.25) is 0 Å². The van der Waals surface area contributed by atoms with Gasteiger partial charge in [0.15, 0.2) is 0 Å². The molecule has 0 saturated carbocycles. The highest BCUT2D eigenvalue weighted by Crippen LogP contribution is 2.28. The molecule has 1 unspecified atom stereocenters. The fraction of sp³-hybridized carbons (Fsp3) is 0.200. The zero-order valence-electron chi connectivity index (χ0n) is 10.4. The van der Waals surface area contributed by atoms with Gasteiger partial charge in [-0.15, -0.1) is 0 Å². The maximum absolute atomic E-state index is 13.1. The number of hydrogen-bond donors (Lipinski definition) is 1. The molecule has 18 heavy (non-hydrogen) atoms. The van der Waals surface area contributed by atoms with Crippen LogP contribution in [0.15, 0.2) is 36.4 Å². The molecule has 1 atom stereocenters. The Labute approximate surface area is 120 Å². The molecule has 2 aromatic carbocycles. The number of aryl methyl sites for hydroxylation is 2. The van der Waals surface area contributed by atoms with Gasteiger partial charge in [0.25, 0.3) is 0 Å². The molecule has 0 aliphatic rings. The average molecular weight is 355 g/mol. The molecule has 0 aromatic heterocycles. The van der Waals surface area contributed by atoms with Crippen LogP contribution in [-0.2, 0) is 0 Å². The van der Waals surface area contributed by atoms with Gasteiger partial charge in [-0.3, -0.25) is 0 Å². The number of rotatable bonds is 2. The summed E-state index contributed by atoms with van der Waals surface area (Å²) < 4.78 is 14.3. The van der Waals surface area contributed by atoms with Crippen molar-refractivity contribution in [3.8, 4) is 0 Å². The molecule has 2 rings (SSSR count). The predicted molar refractivity (Wildman–Crippen MR) is 81.1 cm³/mol. The van der Waals surface area contributed by atoms with E-state index in [1.165, 1.54) is 21.3 Å². The third-order valence-corrected chi connectivity index (χ3v) is 4.60. The van der Waals surface area contributed by atoms with Gasteiger partial charge in [-0.1, -0.05) is 24.3 Å². The SMILES string of the molecule is Cc1cc(F)ccc1C(N)c1cccc(C)c1I. The fourth-order valence-corrected chi connectivity index (χ4v) is 2.76. The van der Waals surface area contributed by atoms with E-state index in [0.29, 0.717) is 0 Å². The first-order chi connectivity index (χ1) is 8.50. The highest BCUT2D eigenvalue weighted by molar-refractivity contribution is 14.1. The van der Waals surface area contributed by atoms with Crippen LogP contribution in [0.1, 0.15) is 28.3 Å². The first kappa shape index (κ1) is 13.5. The van der Waals surface area contributed by atoms with E-state index in [-0.39, 0.29) is 11.9 Å². The van der Waals surface area contributed by atoms with Crippen molar-refractivity contribution < 1.29 is 4.39 Å². The standard InChI is InChI=1S/C15H15FIN/c1-9-4-3-5-13(14(9)17)15(18)12-7-6-11(16)8-10(12)2/h3-8,15H,18H2,1-2H3. The van der Waals surface area contributed by atoms with Crippen LogP contribution in [0.25, 0.3) is 0 Å². The molecular formula is C15H15FIN. The molecule has 0 amide bonds. The van der Waals surface area contributed by atoms with E-state index in [2.05, 4.69) is 35.6 Å². The summed E-state index contributed by atoms with van der Waals surface area (Å²) in [5.74, 6) is -0.220. The molecule has 0 saturated heterocycles. The molecular weight excluding hydrogens is 340 g/mol. The summed E-state index contributed by atoms with van der Waals surface area (Å²) in [5.41, 5.74) is 10.5. The Balaban J connectivity index is 2.48. The lowest BCUT2D eigenvalue weighted by molar-refractivity contribution is 0.624. The molecule has 1 nitrogen and oxygen atoms in total. The quantitative estimate of drug-likeness (QED) is 0.807. The minimum absolute atomic E-state index is 0.211. The van der Waals surface area contributed by atoms with Crippen molar-refractivity contribution in [3.63, 3.8) is 0 Å². The van der Waals surface area contributed by atoms with Crippen molar-refractivity contribution in [2.75, 3.05) is 0 Å². The van der Waals surface area contributed by atoms with E-state index >= 15 is 0 Å². The van der Waals surface area contributed by atoms with Gasteiger partial charge in [0, 0.05) is 3.57 Å². The van der Waals surface area contributed by atoms with Crippen LogP contribution in [0, 0.1) is 23.2 Å². The van der Waals surface area contributed by atoms with Crippen LogP contribution >= 0.6 is 22.6 Å². The van der Waals surface area contributed by atoms with Crippen molar-refractivity contribution in [3.05, 3.63) is 68.0 Å². The van der Waals surface area contributed by atoms with E-state index in [9.17, 15) is 4.39 Å². The molecule has 3 heteroatoms. The largest absolute Gasteiger partial charge is 0.320 e. The Morgan fingerprint density at radius 1 is 1.06 bits per heavy atom. The minimum Gasteiger partial charge on any atom is -0.320 e. The summed E-state index contributed by atoms with van der Waals surface area (Å²) in [6, 6.07) is 10.7. The molecule has 0 heterocycles. The fourth-order valence-electron chi connectivity index (χ4n) is 2.07. The van der Waals surface area contributed by atoms with Gasteiger partial charge in [0.05, 0.1) is 6.04 Å². The summed E-state index contributed by atoms with van der Waals surface area (Å²) in [5, 5.41) is 0. The van der Waals surface area contributed by atoms with Crippen molar-refractivity contribution >= 4 is 22.6 Å². The summed E-state index contributed by atoms with van der Waals surface area (Å²) >= 11 is 2.31. The molecule has 2 N–H and O–H groups in total. The zero-order valence-corrected chi connectivity index (χ0v) is 12.5. The third-order valence-electron chi connectivity index (χ3n) is 3.12. The molecule has 0 fully saturated rings. The van der Waals surface area contributed by atoms with Crippen molar-refractivity contribution in [2.45, 2.75) is 19.9 Å². The van der Waals surface area contributed by atoms with Gasteiger partial charge in [0.1, 0.15) is 5.82 Å². The highest BCUT2D eigenvalue weighted by Gasteiger charge is 2.15. The zero-order chi connectivity index (χ0) is 13.3. The topological polar surface area (TPSA) is 26.0 Å². The smallest absolute Gasteiger partial charge is 0.123 e. The minimum atomic E-state index is -0.220. The van der Waals surface area contributed by atoms with Crippen molar-refractivity contribution in [2.24, 2.45) is 5.73 Å². The van der Waals surface area contributed by atoms with Crippen LogP contribution in [0.3, 0.4) is 0 Å². The van der Waals surface area contributed by atoms with Gasteiger partial charge >= 0.3 is 0 Å². The summed E-state index contributed by atoms with van der Waals surface area (Å²) in [6.07, 6.45) is 0. The molecule has 0 bridgehead atoms. The molecule has 0 spiro atoms. The lowest BCUT2D eigenvalue weighted by atomic mass is 9.95. The van der Waals surface area contributed by atoms with Gasteiger partial charge in [0.2, 0.25) is 0 Å². The Bertz CT molecular complexity index is 581. The van der Waals surface area contributed by atoms with Crippen molar-refractivity contribution in [1.82, 2.24) is 0 Å². The maximum atomic E-state index is 13.1. The number of nitrogens with two attached hydrogens (primary N) is 1. The Morgan fingerprint density at radius 3 is 2.44 bits per heavy atom. The second-order valence-electron chi connectivity index (χ2n) is 4.46. The van der Waals surface area contributed by atoms with E-state index in [1.807, 2.05) is 19.1 Å². The van der Waals surface area contributed by atoms with E-state index in [1.54, 1.807) is 6.07 Å². The van der Waals surface area contributed by atoms with Gasteiger partial charge in [-0.2, -0.15) is 0 Å². The number of benzene rings is 2. The van der Waals surface area contributed by atoms with Crippen LogP contribution < -0.4 is 5.73 Å². The lowest BCUT2D eigenvalue weighted by Gasteiger charge is -2.17. The molecule has 0 aliphatic carbocycles. The summed E-state index contributed by atoms with van der Waals surface area (Å²) in [4.78, 5) is 0.